The lowest BCUT2D eigenvalue weighted by molar-refractivity contribution is -0.140. The van der Waals surface area contributed by atoms with Crippen LogP contribution in [0.1, 0.15) is 29.7 Å². The van der Waals surface area contributed by atoms with Crippen LogP contribution in [0.5, 0.6) is 11.5 Å². The first-order valence-electron chi connectivity index (χ1n) is 11.9. The summed E-state index contributed by atoms with van der Waals surface area (Å²) in [5, 5.41) is 11.6. The molecule has 1 aliphatic heterocycles. The van der Waals surface area contributed by atoms with Gasteiger partial charge in [0.15, 0.2) is 11.5 Å². The molecule has 1 unspecified atom stereocenters. The molecule has 0 aliphatic carbocycles. The van der Waals surface area contributed by atoms with Crippen molar-refractivity contribution in [3.8, 4) is 11.5 Å². The standard InChI is InChI=1S/C29H28ClNO6/c1-3-36-24-17-21(11-14-23(24)37-18-19-7-5-4-6-8-19)26-25(27(32)20-9-12-22(30)13-10-20)28(33)29(34)31(26)15-16-35-2/h4-14,17,26,32H,3,15-16,18H2,1-2H3/b27-25+. The molecule has 0 radical (unpaired) electrons. The second-order valence-corrected chi connectivity index (χ2v) is 8.84. The SMILES string of the molecule is CCOc1cc(C2/C(=C(\O)c3ccc(Cl)cc3)C(=O)C(=O)N2CCOC)ccc1OCc1ccccc1. The van der Waals surface area contributed by atoms with Gasteiger partial charge in [0.2, 0.25) is 0 Å². The zero-order chi connectivity index (χ0) is 26.4. The topological polar surface area (TPSA) is 85.3 Å². The predicted molar refractivity (Wildman–Crippen MR) is 141 cm³/mol. The van der Waals surface area contributed by atoms with Gasteiger partial charge in [-0.05, 0) is 54.4 Å². The van der Waals surface area contributed by atoms with Crippen molar-refractivity contribution in [1.82, 2.24) is 4.90 Å². The molecule has 8 heteroatoms. The Morgan fingerprint density at radius 1 is 0.973 bits per heavy atom. The normalized spacial score (nSPS) is 16.7. The Bertz CT molecular complexity index is 1290. The summed E-state index contributed by atoms with van der Waals surface area (Å²) >= 11 is 5.99. The number of benzene rings is 3. The Kier molecular flexibility index (Phi) is 8.48. The molecular formula is C29H28ClNO6. The molecule has 7 nitrogen and oxygen atoms in total. The van der Waals surface area contributed by atoms with E-state index in [-0.39, 0.29) is 24.5 Å². The first-order chi connectivity index (χ1) is 17.9. The van der Waals surface area contributed by atoms with Crippen molar-refractivity contribution >= 4 is 29.1 Å². The van der Waals surface area contributed by atoms with Crippen LogP contribution in [0.2, 0.25) is 5.02 Å². The number of aliphatic hydroxyl groups is 1. The van der Waals surface area contributed by atoms with Crippen LogP contribution in [0.15, 0.2) is 78.4 Å². The highest BCUT2D eigenvalue weighted by molar-refractivity contribution is 6.46. The van der Waals surface area contributed by atoms with Gasteiger partial charge in [-0.1, -0.05) is 48.0 Å². The molecule has 0 saturated carbocycles. The number of ketones is 1. The van der Waals surface area contributed by atoms with Gasteiger partial charge < -0.3 is 24.2 Å². The van der Waals surface area contributed by atoms with Crippen LogP contribution in [0.25, 0.3) is 5.76 Å². The van der Waals surface area contributed by atoms with Crippen LogP contribution in [-0.4, -0.2) is 48.6 Å². The van der Waals surface area contributed by atoms with Gasteiger partial charge in [-0.3, -0.25) is 9.59 Å². The highest BCUT2D eigenvalue weighted by atomic mass is 35.5. The van der Waals surface area contributed by atoms with Crippen molar-refractivity contribution in [2.45, 2.75) is 19.6 Å². The van der Waals surface area contributed by atoms with Crippen molar-refractivity contribution in [2.24, 2.45) is 0 Å². The van der Waals surface area contributed by atoms with Gasteiger partial charge in [-0.15, -0.1) is 0 Å². The Morgan fingerprint density at radius 2 is 1.70 bits per heavy atom. The average molecular weight is 522 g/mol. The predicted octanol–water partition coefficient (Wildman–Crippen LogP) is 5.39. The number of amides is 1. The van der Waals surface area contributed by atoms with Crippen LogP contribution < -0.4 is 9.47 Å². The summed E-state index contributed by atoms with van der Waals surface area (Å²) in [4.78, 5) is 27.6. The van der Waals surface area contributed by atoms with Gasteiger partial charge in [-0.25, -0.2) is 0 Å². The minimum atomic E-state index is -0.840. The molecule has 1 fully saturated rings. The fourth-order valence-corrected chi connectivity index (χ4v) is 4.35. The lowest BCUT2D eigenvalue weighted by Gasteiger charge is -2.26. The molecule has 1 heterocycles. The number of nitrogens with zero attached hydrogens (tertiary/aromatic N) is 1. The highest BCUT2D eigenvalue weighted by Crippen LogP contribution is 2.42. The largest absolute Gasteiger partial charge is 0.507 e. The Morgan fingerprint density at radius 3 is 2.38 bits per heavy atom. The summed E-state index contributed by atoms with van der Waals surface area (Å²) in [5.41, 5.74) is 1.97. The minimum absolute atomic E-state index is 0.0103. The van der Waals surface area contributed by atoms with Crippen LogP contribution >= 0.6 is 11.6 Å². The van der Waals surface area contributed by atoms with Gasteiger partial charge in [-0.2, -0.15) is 0 Å². The van der Waals surface area contributed by atoms with Gasteiger partial charge in [0, 0.05) is 24.2 Å². The molecule has 37 heavy (non-hydrogen) atoms. The number of aliphatic hydroxyl groups excluding tert-OH is 1. The number of hydrogen-bond donors (Lipinski definition) is 1. The summed E-state index contributed by atoms with van der Waals surface area (Å²) < 4.78 is 17.1. The van der Waals surface area contributed by atoms with Gasteiger partial charge in [0.05, 0.1) is 24.8 Å². The van der Waals surface area contributed by atoms with E-state index in [1.165, 1.54) is 12.0 Å². The Labute approximate surface area is 220 Å². The van der Waals surface area contributed by atoms with Crippen LogP contribution in [0, 0.1) is 0 Å². The maximum Gasteiger partial charge on any atom is 0.295 e. The summed E-state index contributed by atoms with van der Waals surface area (Å²) in [6.45, 7) is 2.99. The van der Waals surface area contributed by atoms with Crippen molar-refractivity contribution in [1.29, 1.82) is 0 Å². The molecule has 0 aromatic heterocycles. The summed E-state index contributed by atoms with van der Waals surface area (Å²) in [7, 11) is 1.52. The summed E-state index contributed by atoms with van der Waals surface area (Å²) in [6.07, 6.45) is 0. The van der Waals surface area contributed by atoms with Gasteiger partial charge in [0.1, 0.15) is 12.4 Å². The Balaban J connectivity index is 1.76. The quantitative estimate of drug-likeness (QED) is 0.219. The van der Waals surface area contributed by atoms with E-state index >= 15 is 0 Å². The van der Waals surface area contributed by atoms with E-state index in [2.05, 4.69) is 0 Å². The number of carbonyl (C=O) groups excluding carboxylic acids is 2. The van der Waals surface area contributed by atoms with Crippen molar-refractivity contribution in [3.05, 3.63) is 100 Å². The molecular weight excluding hydrogens is 494 g/mol. The van der Waals surface area contributed by atoms with Gasteiger partial charge in [0.25, 0.3) is 11.7 Å². The zero-order valence-electron chi connectivity index (χ0n) is 20.6. The number of ether oxygens (including phenoxy) is 3. The number of methoxy groups -OCH3 is 1. The number of rotatable bonds is 10. The van der Waals surface area contributed by atoms with E-state index in [9.17, 15) is 14.7 Å². The molecule has 1 atom stereocenters. The molecule has 192 valence electrons. The molecule has 1 amide bonds. The number of hydrogen-bond acceptors (Lipinski definition) is 6. The molecule has 3 aromatic carbocycles. The van der Waals surface area contributed by atoms with Crippen molar-refractivity contribution in [3.63, 3.8) is 0 Å². The average Bonchev–Trinajstić information content (AvgIpc) is 3.17. The number of halogens is 1. The second kappa shape index (κ2) is 12.0. The number of likely N-dealkylation sites (tertiary alicyclic amines) is 1. The maximum absolute atomic E-state index is 13.1. The lowest BCUT2D eigenvalue weighted by Crippen LogP contribution is -2.32. The first-order valence-corrected chi connectivity index (χ1v) is 12.3. The van der Waals surface area contributed by atoms with Crippen molar-refractivity contribution in [2.75, 3.05) is 26.9 Å². The molecule has 1 aliphatic rings. The summed E-state index contributed by atoms with van der Waals surface area (Å²) in [6, 6.07) is 20.6. The third kappa shape index (κ3) is 5.79. The fourth-order valence-electron chi connectivity index (χ4n) is 4.23. The van der Waals surface area contributed by atoms with E-state index in [4.69, 9.17) is 25.8 Å². The molecule has 0 spiro atoms. The smallest absolute Gasteiger partial charge is 0.295 e. The molecule has 1 N–H and O–H groups in total. The zero-order valence-corrected chi connectivity index (χ0v) is 21.4. The molecule has 1 saturated heterocycles. The van der Waals surface area contributed by atoms with E-state index in [1.54, 1.807) is 42.5 Å². The Hall–Kier alpha value is -3.81. The lowest BCUT2D eigenvalue weighted by atomic mass is 9.95. The van der Waals surface area contributed by atoms with E-state index in [1.807, 2.05) is 37.3 Å². The van der Waals surface area contributed by atoms with Crippen LogP contribution in [0.4, 0.5) is 0 Å². The third-order valence-corrected chi connectivity index (χ3v) is 6.27. The first kappa shape index (κ1) is 26.3. The number of Topliss-reactive ketones (excluding diaryl/α,β-unsaturated/α-hetero) is 1. The minimum Gasteiger partial charge on any atom is -0.507 e. The number of carbonyl (C=O) groups is 2. The third-order valence-electron chi connectivity index (χ3n) is 6.01. The monoisotopic (exact) mass is 521 g/mol. The van der Waals surface area contributed by atoms with E-state index in [0.29, 0.717) is 40.9 Å². The van der Waals surface area contributed by atoms with Crippen LogP contribution in [0.3, 0.4) is 0 Å². The van der Waals surface area contributed by atoms with Crippen molar-refractivity contribution < 1.29 is 28.9 Å². The fraction of sp³-hybridized carbons (Fsp3) is 0.241. The molecule has 0 bridgehead atoms. The molecule has 4 rings (SSSR count). The van der Waals surface area contributed by atoms with E-state index < -0.39 is 17.7 Å². The van der Waals surface area contributed by atoms with Gasteiger partial charge >= 0.3 is 0 Å². The maximum atomic E-state index is 13.1. The molecule has 3 aromatic rings. The van der Waals surface area contributed by atoms with E-state index in [0.717, 1.165) is 5.56 Å². The second-order valence-electron chi connectivity index (χ2n) is 8.41. The highest BCUT2D eigenvalue weighted by Gasteiger charge is 2.46. The summed E-state index contributed by atoms with van der Waals surface area (Å²) in [5.74, 6) is -0.751. The van der Waals surface area contributed by atoms with Crippen LogP contribution in [-0.2, 0) is 20.9 Å².